The van der Waals surface area contributed by atoms with Crippen molar-refractivity contribution in [3.8, 4) is 0 Å². The fourth-order valence-corrected chi connectivity index (χ4v) is 4.69. The normalized spacial score (nSPS) is 21.4. The SMILES string of the molecule is CCC(C)NC(=O)C1CSC(CC(C)C)N1C(=O)c1ccccc1Cl. The van der Waals surface area contributed by atoms with E-state index in [1.54, 1.807) is 40.9 Å². The lowest BCUT2D eigenvalue weighted by atomic mass is 10.1. The summed E-state index contributed by atoms with van der Waals surface area (Å²) in [5, 5.41) is 3.44. The average Bonchev–Trinajstić information content (AvgIpc) is 2.97. The molecule has 0 spiro atoms. The van der Waals surface area contributed by atoms with Crippen LogP contribution in [-0.2, 0) is 4.79 Å². The third kappa shape index (κ3) is 4.91. The molecule has 0 saturated carbocycles. The van der Waals surface area contributed by atoms with E-state index in [9.17, 15) is 9.59 Å². The van der Waals surface area contributed by atoms with Gasteiger partial charge in [-0.15, -0.1) is 11.8 Å². The number of benzene rings is 1. The molecule has 2 rings (SSSR count). The van der Waals surface area contributed by atoms with Crippen LogP contribution in [0.4, 0.5) is 0 Å². The molecule has 0 aliphatic carbocycles. The smallest absolute Gasteiger partial charge is 0.256 e. The molecule has 138 valence electrons. The third-order valence-corrected chi connectivity index (χ3v) is 6.05. The van der Waals surface area contributed by atoms with Gasteiger partial charge in [-0.1, -0.05) is 44.5 Å². The minimum atomic E-state index is -0.452. The van der Waals surface area contributed by atoms with E-state index in [-0.39, 0.29) is 23.2 Å². The van der Waals surface area contributed by atoms with Crippen molar-refractivity contribution in [2.75, 3.05) is 5.75 Å². The Balaban J connectivity index is 2.29. The number of rotatable bonds is 6. The van der Waals surface area contributed by atoms with E-state index >= 15 is 0 Å². The molecule has 6 heteroatoms. The van der Waals surface area contributed by atoms with E-state index in [0.29, 0.717) is 22.3 Å². The van der Waals surface area contributed by atoms with Crippen molar-refractivity contribution in [1.82, 2.24) is 10.2 Å². The Morgan fingerprint density at radius 2 is 2.00 bits per heavy atom. The zero-order chi connectivity index (χ0) is 18.6. The van der Waals surface area contributed by atoms with Gasteiger partial charge in [-0.05, 0) is 37.8 Å². The van der Waals surface area contributed by atoms with Crippen molar-refractivity contribution < 1.29 is 9.59 Å². The van der Waals surface area contributed by atoms with Crippen LogP contribution in [0.25, 0.3) is 0 Å². The largest absolute Gasteiger partial charge is 0.352 e. The van der Waals surface area contributed by atoms with Gasteiger partial charge in [0.2, 0.25) is 5.91 Å². The van der Waals surface area contributed by atoms with Crippen LogP contribution >= 0.6 is 23.4 Å². The number of hydrogen-bond acceptors (Lipinski definition) is 3. The average molecular weight is 383 g/mol. The first kappa shape index (κ1) is 20.1. The highest BCUT2D eigenvalue weighted by atomic mass is 35.5. The summed E-state index contributed by atoms with van der Waals surface area (Å²) in [6.45, 7) is 8.27. The van der Waals surface area contributed by atoms with Crippen LogP contribution in [0.2, 0.25) is 5.02 Å². The lowest BCUT2D eigenvalue weighted by Gasteiger charge is -2.30. The van der Waals surface area contributed by atoms with Crippen molar-refractivity contribution >= 4 is 35.2 Å². The maximum atomic E-state index is 13.2. The predicted octanol–water partition coefficient (Wildman–Crippen LogP) is 4.18. The standard InChI is InChI=1S/C19H27ClN2O2S/c1-5-13(4)21-18(23)16-11-25-17(10-12(2)3)22(16)19(24)14-8-6-7-9-15(14)20/h6-9,12-13,16-17H,5,10-11H2,1-4H3,(H,21,23). The molecule has 1 saturated heterocycles. The molecular weight excluding hydrogens is 356 g/mol. The Morgan fingerprint density at radius 1 is 1.32 bits per heavy atom. The summed E-state index contributed by atoms with van der Waals surface area (Å²) in [7, 11) is 0. The van der Waals surface area contributed by atoms with Gasteiger partial charge in [-0.2, -0.15) is 0 Å². The van der Waals surface area contributed by atoms with Gasteiger partial charge in [-0.25, -0.2) is 0 Å². The first-order chi connectivity index (χ1) is 11.8. The van der Waals surface area contributed by atoms with Crippen molar-refractivity contribution in [3.63, 3.8) is 0 Å². The van der Waals surface area contributed by atoms with Crippen molar-refractivity contribution in [2.24, 2.45) is 5.92 Å². The zero-order valence-electron chi connectivity index (χ0n) is 15.3. The predicted molar refractivity (Wildman–Crippen MR) is 105 cm³/mol. The summed E-state index contributed by atoms with van der Waals surface area (Å²) in [6.07, 6.45) is 1.72. The van der Waals surface area contributed by atoms with Gasteiger partial charge in [0.1, 0.15) is 6.04 Å². The summed E-state index contributed by atoms with van der Waals surface area (Å²) in [6, 6.07) is 6.68. The Labute approximate surface area is 159 Å². The molecule has 1 aliphatic heterocycles. The number of carbonyl (C=O) groups is 2. The Bertz CT molecular complexity index is 623. The number of carbonyl (C=O) groups excluding carboxylic acids is 2. The maximum Gasteiger partial charge on any atom is 0.256 e. The topological polar surface area (TPSA) is 49.4 Å². The van der Waals surface area contributed by atoms with Gasteiger partial charge >= 0.3 is 0 Å². The zero-order valence-corrected chi connectivity index (χ0v) is 16.9. The van der Waals surface area contributed by atoms with Gasteiger partial charge in [0.05, 0.1) is 16.0 Å². The van der Waals surface area contributed by atoms with E-state index in [2.05, 4.69) is 19.2 Å². The van der Waals surface area contributed by atoms with Gasteiger partial charge < -0.3 is 10.2 Å². The van der Waals surface area contributed by atoms with Crippen LogP contribution < -0.4 is 5.32 Å². The van der Waals surface area contributed by atoms with E-state index in [1.807, 2.05) is 13.8 Å². The fraction of sp³-hybridized carbons (Fsp3) is 0.579. The summed E-state index contributed by atoms with van der Waals surface area (Å²) in [5.74, 6) is 0.824. The van der Waals surface area contributed by atoms with Crippen molar-refractivity contribution in [3.05, 3.63) is 34.9 Å². The lowest BCUT2D eigenvalue weighted by molar-refractivity contribution is -0.125. The fourth-order valence-electron chi connectivity index (χ4n) is 2.84. The second-order valence-electron chi connectivity index (χ2n) is 6.94. The molecule has 3 atom stereocenters. The van der Waals surface area contributed by atoms with Crippen LogP contribution in [-0.4, -0.2) is 39.9 Å². The summed E-state index contributed by atoms with van der Waals surface area (Å²) < 4.78 is 0. The highest BCUT2D eigenvalue weighted by Crippen LogP contribution is 2.35. The highest BCUT2D eigenvalue weighted by Gasteiger charge is 2.42. The van der Waals surface area contributed by atoms with Crippen LogP contribution in [0.15, 0.2) is 24.3 Å². The van der Waals surface area contributed by atoms with E-state index in [4.69, 9.17) is 11.6 Å². The maximum absolute atomic E-state index is 13.2. The lowest BCUT2D eigenvalue weighted by Crippen LogP contribution is -2.51. The monoisotopic (exact) mass is 382 g/mol. The Morgan fingerprint density at radius 3 is 2.60 bits per heavy atom. The second-order valence-corrected chi connectivity index (χ2v) is 8.56. The molecule has 1 heterocycles. The van der Waals surface area contributed by atoms with Gasteiger partial charge in [-0.3, -0.25) is 9.59 Å². The highest BCUT2D eigenvalue weighted by molar-refractivity contribution is 8.00. The quantitative estimate of drug-likeness (QED) is 0.802. The Kier molecular flexibility index (Phi) is 7.20. The molecule has 0 aromatic heterocycles. The Hall–Kier alpha value is -1.20. The number of nitrogens with one attached hydrogen (secondary N) is 1. The molecule has 1 aromatic carbocycles. The van der Waals surface area contributed by atoms with E-state index < -0.39 is 6.04 Å². The van der Waals surface area contributed by atoms with Crippen molar-refractivity contribution in [1.29, 1.82) is 0 Å². The van der Waals surface area contributed by atoms with Gasteiger partial charge in [0, 0.05) is 11.8 Å². The molecule has 1 aromatic rings. The number of thioether (sulfide) groups is 1. The van der Waals surface area contributed by atoms with Crippen LogP contribution in [0.3, 0.4) is 0 Å². The summed E-state index contributed by atoms with van der Waals surface area (Å²) >= 11 is 7.91. The van der Waals surface area contributed by atoms with Crippen LogP contribution in [0, 0.1) is 5.92 Å². The summed E-state index contributed by atoms with van der Waals surface area (Å²) in [5.41, 5.74) is 0.460. The molecule has 1 aliphatic rings. The third-order valence-electron chi connectivity index (χ3n) is 4.41. The molecule has 1 fully saturated rings. The van der Waals surface area contributed by atoms with Crippen LogP contribution in [0.1, 0.15) is 50.9 Å². The van der Waals surface area contributed by atoms with Crippen molar-refractivity contribution in [2.45, 2.75) is 58.0 Å². The molecule has 25 heavy (non-hydrogen) atoms. The molecule has 4 nitrogen and oxygen atoms in total. The van der Waals surface area contributed by atoms with E-state index in [1.165, 1.54) is 0 Å². The number of nitrogens with zero attached hydrogens (tertiary/aromatic N) is 1. The molecule has 1 N–H and O–H groups in total. The first-order valence-electron chi connectivity index (χ1n) is 8.84. The summed E-state index contributed by atoms with van der Waals surface area (Å²) in [4.78, 5) is 27.6. The first-order valence-corrected chi connectivity index (χ1v) is 10.3. The van der Waals surface area contributed by atoms with Crippen LogP contribution in [0.5, 0.6) is 0 Å². The molecule has 0 bridgehead atoms. The molecular formula is C19H27ClN2O2S. The minimum Gasteiger partial charge on any atom is -0.352 e. The second kappa shape index (κ2) is 8.95. The minimum absolute atomic E-state index is 0.00328. The van der Waals surface area contributed by atoms with Gasteiger partial charge in [0.25, 0.3) is 5.91 Å². The number of amides is 2. The van der Waals surface area contributed by atoms with E-state index in [0.717, 1.165) is 12.8 Å². The number of halogens is 1. The van der Waals surface area contributed by atoms with Gasteiger partial charge in [0.15, 0.2) is 0 Å². The molecule has 3 unspecified atom stereocenters. The number of hydrogen-bond donors (Lipinski definition) is 1. The molecule has 0 radical (unpaired) electrons. The molecule has 2 amide bonds.